The third-order valence-corrected chi connectivity index (χ3v) is 4.39. The summed E-state index contributed by atoms with van der Waals surface area (Å²) in [7, 11) is 0. The van der Waals surface area contributed by atoms with Crippen LogP contribution in [0.25, 0.3) is 5.65 Å². The molecule has 1 saturated carbocycles. The molecule has 4 rings (SSSR count). The van der Waals surface area contributed by atoms with Crippen molar-refractivity contribution >= 4 is 27.4 Å². The lowest BCUT2D eigenvalue weighted by Gasteiger charge is -2.35. The summed E-state index contributed by atoms with van der Waals surface area (Å²) in [4.78, 5) is 14.0. The smallest absolute Gasteiger partial charge is 0.180 e. The molecule has 0 radical (unpaired) electrons. The number of hydrogen-bond acceptors (Lipinski definition) is 4. The van der Waals surface area contributed by atoms with Gasteiger partial charge >= 0.3 is 0 Å². The van der Waals surface area contributed by atoms with Gasteiger partial charge in [-0.2, -0.15) is 0 Å². The second kappa shape index (κ2) is 4.45. The maximum Gasteiger partial charge on any atom is 0.180 e. The van der Waals surface area contributed by atoms with E-state index in [4.69, 9.17) is 0 Å². The summed E-state index contributed by atoms with van der Waals surface area (Å²) in [5.41, 5.74) is 0.947. The van der Waals surface area contributed by atoms with Crippen LogP contribution >= 0.6 is 15.9 Å². The predicted octanol–water partition coefficient (Wildman–Crippen LogP) is 1.78. The van der Waals surface area contributed by atoms with Gasteiger partial charge in [-0.05, 0) is 28.8 Å². The summed E-state index contributed by atoms with van der Waals surface area (Å²) >= 11 is 3.48. The Morgan fingerprint density at radius 2 is 1.95 bits per heavy atom. The van der Waals surface area contributed by atoms with E-state index in [2.05, 4.69) is 35.7 Å². The van der Waals surface area contributed by atoms with Gasteiger partial charge in [0.2, 0.25) is 0 Å². The van der Waals surface area contributed by atoms with E-state index in [-0.39, 0.29) is 0 Å². The first-order chi connectivity index (χ1) is 9.31. The van der Waals surface area contributed by atoms with Crippen molar-refractivity contribution in [2.24, 2.45) is 0 Å². The maximum absolute atomic E-state index is 4.62. The summed E-state index contributed by atoms with van der Waals surface area (Å²) in [5.74, 6) is 0.995. The molecule has 0 atom stereocenters. The van der Waals surface area contributed by atoms with Gasteiger partial charge in [0, 0.05) is 50.8 Å². The maximum atomic E-state index is 4.62. The van der Waals surface area contributed by atoms with Crippen LogP contribution in [0.4, 0.5) is 5.82 Å². The summed E-state index contributed by atoms with van der Waals surface area (Å²) in [5, 5.41) is 0. The lowest BCUT2D eigenvalue weighted by molar-refractivity contribution is 0.247. The van der Waals surface area contributed by atoms with Gasteiger partial charge in [-0.25, -0.2) is 9.97 Å². The fourth-order valence-electron chi connectivity index (χ4n) is 2.84. The number of rotatable bonds is 2. The highest BCUT2D eigenvalue weighted by molar-refractivity contribution is 9.10. The molecule has 1 saturated heterocycles. The van der Waals surface area contributed by atoms with E-state index in [1.54, 1.807) is 0 Å². The van der Waals surface area contributed by atoms with Crippen LogP contribution in [-0.4, -0.2) is 51.5 Å². The Morgan fingerprint density at radius 3 is 2.68 bits per heavy atom. The van der Waals surface area contributed by atoms with Crippen molar-refractivity contribution in [1.82, 2.24) is 19.3 Å². The van der Waals surface area contributed by atoms with Crippen molar-refractivity contribution in [3.05, 3.63) is 23.2 Å². The fraction of sp³-hybridized carbons (Fsp3) is 0.538. The molecule has 2 aromatic heterocycles. The van der Waals surface area contributed by atoms with Crippen molar-refractivity contribution in [2.75, 3.05) is 31.1 Å². The molecule has 100 valence electrons. The molecule has 1 aliphatic heterocycles. The first kappa shape index (κ1) is 11.7. The molecule has 0 aromatic carbocycles. The minimum Gasteiger partial charge on any atom is -0.351 e. The minimum absolute atomic E-state index is 0.859. The molecule has 1 aliphatic carbocycles. The highest BCUT2D eigenvalue weighted by Crippen LogP contribution is 2.29. The molecule has 0 unspecified atom stereocenters. The number of nitrogens with zero attached hydrogens (tertiary/aromatic N) is 5. The molecule has 2 aliphatic rings. The second-order valence-corrected chi connectivity index (χ2v) is 6.11. The van der Waals surface area contributed by atoms with Crippen LogP contribution in [0.3, 0.4) is 0 Å². The molecule has 3 heterocycles. The third kappa shape index (κ3) is 2.12. The van der Waals surface area contributed by atoms with Crippen molar-refractivity contribution in [3.63, 3.8) is 0 Å². The van der Waals surface area contributed by atoms with Crippen LogP contribution < -0.4 is 4.90 Å². The first-order valence-electron chi connectivity index (χ1n) is 6.79. The Labute approximate surface area is 120 Å². The largest absolute Gasteiger partial charge is 0.351 e. The predicted molar refractivity (Wildman–Crippen MR) is 77.5 cm³/mol. The van der Waals surface area contributed by atoms with Crippen LogP contribution in [-0.2, 0) is 0 Å². The molecular weight excluding hydrogens is 306 g/mol. The van der Waals surface area contributed by atoms with Crippen molar-refractivity contribution in [3.8, 4) is 0 Å². The van der Waals surface area contributed by atoms with E-state index >= 15 is 0 Å². The quantitative estimate of drug-likeness (QED) is 0.844. The molecule has 6 heteroatoms. The highest BCUT2D eigenvalue weighted by Gasteiger charge is 2.31. The molecule has 2 aromatic rings. The third-order valence-electron chi connectivity index (χ3n) is 4.00. The second-order valence-electron chi connectivity index (χ2n) is 5.30. The Morgan fingerprint density at radius 1 is 1.16 bits per heavy atom. The SMILES string of the molecule is Brc1cn2ccnc2c(N2CCN(C3CC3)CC2)n1. The van der Waals surface area contributed by atoms with Gasteiger partial charge in [0.1, 0.15) is 4.60 Å². The molecular formula is C13H16BrN5. The van der Waals surface area contributed by atoms with Gasteiger partial charge in [-0.3, -0.25) is 4.90 Å². The molecule has 0 N–H and O–H groups in total. The lowest BCUT2D eigenvalue weighted by atomic mass is 10.3. The van der Waals surface area contributed by atoms with Crippen LogP contribution in [0, 0.1) is 0 Å². The fourth-order valence-corrected chi connectivity index (χ4v) is 3.22. The number of piperazine rings is 1. The molecule has 0 amide bonds. The molecule has 2 fully saturated rings. The average molecular weight is 322 g/mol. The van der Waals surface area contributed by atoms with Gasteiger partial charge in [-0.15, -0.1) is 0 Å². The Hall–Kier alpha value is -1.14. The summed E-state index contributed by atoms with van der Waals surface area (Å²) in [6, 6.07) is 0.865. The molecule has 0 spiro atoms. The zero-order valence-electron chi connectivity index (χ0n) is 10.7. The summed E-state index contributed by atoms with van der Waals surface area (Å²) < 4.78 is 2.89. The highest BCUT2D eigenvalue weighted by atomic mass is 79.9. The number of halogens is 1. The summed E-state index contributed by atoms with van der Waals surface area (Å²) in [6.07, 6.45) is 8.52. The molecule has 5 nitrogen and oxygen atoms in total. The van der Waals surface area contributed by atoms with Crippen molar-refractivity contribution < 1.29 is 0 Å². The lowest BCUT2D eigenvalue weighted by Crippen LogP contribution is -2.47. The van der Waals surface area contributed by atoms with Crippen LogP contribution in [0.1, 0.15) is 12.8 Å². The van der Waals surface area contributed by atoms with E-state index in [0.717, 1.165) is 48.3 Å². The van der Waals surface area contributed by atoms with E-state index in [1.807, 2.05) is 23.0 Å². The Bertz CT molecular complexity index is 598. The van der Waals surface area contributed by atoms with E-state index < -0.39 is 0 Å². The van der Waals surface area contributed by atoms with Crippen LogP contribution in [0.2, 0.25) is 0 Å². The van der Waals surface area contributed by atoms with E-state index in [1.165, 1.54) is 12.8 Å². The van der Waals surface area contributed by atoms with Crippen LogP contribution in [0.15, 0.2) is 23.2 Å². The van der Waals surface area contributed by atoms with Gasteiger partial charge < -0.3 is 9.30 Å². The normalized spacial score (nSPS) is 21.2. The molecule has 19 heavy (non-hydrogen) atoms. The topological polar surface area (TPSA) is 36.7 Å². The van der Waals surface area contributed by atoms with Gasteiger partial charge in [0.15, 0.2) is 11.5 Å². The van der Waals surface area contributed by atoms with Gasteiger partial charge in [-0.1, -0.05) is 0 Å². The van der Waals surface area contributed by atoms with E-state index in [9.17, 15) is 0 Å². The number of aromatic nitrogens is 3. The minimum atomic E-state index is 0.859. The Kier molecular flexibility index (Phi) is 2.73. The van der Waals surface area contributed by atoms with Crippen molar-refractivity contribution in [1.29, 1.82) is 0 Å². The van der Waals surface area contributed by atoms with Gasteiger partial charge in [0.05, 0.1) is 0 Å². The number of imidazole rings is 1. The first-order valence-corrected chi connectivity index (χ1v) is 7.59. The van der Waals surface area contributed by atoms with Gasteiger partial charge in [0.25, 0.3) is 0 Å². The standard InChI is InChI=1S/C13H16BrN5/c14-11-9-19-4-3-15-12(19)13(16-11)18-7-5-17(6-8-18)10-1-2-10/h3-4,9-10H,1-2,5-8H2. The zero-order chi connectivity index (χ0) is 12.8. The number of hydrogen-bond donors (Lipinski definition) is 0. The number of anilines is 1. The summed E-state index contributed by atoms with van der Waals surface area (Å²) in [6.45, 7) is 4.38. The Balaban J connectivity index is 1.61. The zero-order valence-corrected chi connectivity index (χ0v) is 12.3. The number of fused-ring (bicyclic) bond motifs is 1. The monoisotopic (exact) mass is 321 g/mol. The van der Waals surface area contributed by atoms with Crippen LogP contribution in [0.5, 0.6) is 0 Å². The molecule has 0 bridgehead atoms. The average Bonchev–Trinajstić information content (AvgIpc) is 3.17. The van der Waals surface area contributed by atoms with Crippen molar-refractivity contribution in [2.45, 2.75) is 18.9 Å². The van der Waals surface area contributed by atoms with E-state index in [0.29, 0.717) is 0 Å².